The number of nitrogen functional groups attached to an aromatic ring is 1. The van der Waals surface area contributed by atoms with Gasteiger partial charge in [0.25, 0.3) is 0 Å². The SMILES string of the molecule is CN=C1CC(c2ccccc2-c2ccncc2)Cc2nc(N)nc(C)c21. The zero-order valence-corrected chi connectivity index (χ0v) is 15.0. The highest BCUT2D eigenvalue weighted by Gasteiger charge is 2.29. The van der Waals surface area contributed by atoms with Crippen LogP contribution in [0.15, 0.2) is 53.8 Å². The Kier molecular flexibility index (Phi) is 4.21. The van der Waals surface area contributed by atoms with E-state index >= 15 is 0 Å². The number of nitrogens with two attached hydrogens (primary N) is 1. The standard InChI is InChI=1S/C21H21N5/c1-13-20-18(23-2)11-15(12-19(20)26-21(22)25-13)17-6-4-3-5-16(17)14-7-9-24-10-8-14/h3-10,15H,11-12H2,1-2H3,(H2,22,25,26). The van der Waals surface area contributed by atoms with Gasteiger partial charge in [0, 0.05) is 30.7 Å². The molecule has 0 amide bonds. The molecule has 2 heterocycles. The summed E-state index contributed by atoms with van der Waals surface area (Å²) in [6.07, 6.45) is 5.38. The second-order valence-corrected chi connectivity index (χ2v) is 6.59. The van der Waals surface area contributed by atoms with Gasteiger partial charge in [-0.05, 0) is 54.5 Å². The van der Waals surface area contributed by atoms with E-state index < -0.39 is 0 Å². The van der Waals surface area contributed by atoms with Crippen molar-refractivity contribution >= 4 is 11.7 Å². The molecular formula is C21H21N5. The Labute approximate surface area is 153 Å². The van der Waals surface area contributed by atoms with E-state index in [9.17, 15) is 0 Å². The van der Waals surface area contributed by atoms with Crippen molar-refractivity contribution in [1.29, 1.82) is 0 Å². The Hall–Kier alpha value is -3.08. The van der Waals surface area contributed by atoms with E-state index in [1.807, 2.05) is 26.4 Å². The molecule has 2 N–H and O–H groups in total. The van der Waals surface area contributed by atoms with Gasteiger partial charge >= 0.3 is 0 Å². The molecular weight excluding hydrogens is 322 g/mol. The number of fused-ring (bicyclic) bond motifs is 1. The minimum atomic E-state index is 0.305. The normalized spacial score (nSPS) is 17.9. The molecule has 0 aliphatic heterocycles. The molecule has 130 valence electrons. The maximum absolute atomic E-state index is 5.91. The van der Waals surface area contributed by atoms with Gasteiger partial charge in [0.1, 0.15) is 0 Å². The lowest BCUT2D eigenvalue weighted by molar-refractivity contribution is 0.677. The van der Waals surface area contributed by atoms with Crippen molar-refractivity contribution in [3.63, 3.8) is 0 Å². The maximum atomic E-state index is 5.91. The fourth-order valence-electron chi connectivity index (χ4n) is 3.89. The van der Waals surface area contributed by atoms with Crippen LogP contribution in [0.2, 0.25) is 0 Å². The summed E-state index contributed by atoms with van der Waals surface area (Å²) in [6, 6.07) is 12.6. The van der Waals surface area contributed by atoms with Crippen molar-refractivity contribution in [3.05, 3.63) is 71.3 Å². The van der Waals surface area contributed by atoms with Crippen LogP contribution in [0.4, 0.5) is 5.95 Å². The number of aliphatic imine (C=N–C) groups is 1. The topological polar surface area (TPSA) is 77.0 Å². The molecule has 1 unspecified atom stereocenters. The average molecular weight is 343 g/mol. The number of hydrogen-bond donors (Lipinski definition) is 1. The molecule has 3 aromatic rings. The van der Waals surface area contributed by atoms with Crippen molar-refractivity contribution in [3.8, 4) is 11.1 Å². The number of aromatic nitrogens is 3. The summed E-state index contributed by atoms with van der Waals surface area (Å²) in [6.45, 7) is 1.98. The van der Waals surface area contributed by atoms with Crippen LogP contribution in [0.25, 0.3) is 11.1 Å². The Morgan fingerprint density at radius 3 is 2.58 bits per heavy atom. The van der Waals surface area contributed by atoms with Crippen LogP contribution < -0.4 is 5.73 Å². The lowest BCUT2D eigenvalue weighted by atomic mass is 9.78. The summed E-state index contributed by atoms with van der Waals surface area (Å²) in [5.74, 6) is 0.638. The summed E-state index contributed by atoms with van der Waals surface area (Å²) in [5, 5.41) is 0. The van der Waals surface area contributed by atoms with Gasteiger partial charge in [0.05, 0.1) is 11.4 Å². The third-order valence-electron chi connectivity index (χ3n) is 5.01. The Bertz CT molecular complexity index is 979. The molecule has 0 radical (unpaired) electrons. The third kappa shape index (κ3) is 2.86. The van der Waals surface area contributed by atoms with Gasteiger partial charge in [-0.1, -0.05) is 24.3 Å². The largest absolute Gasteiger partial charge is 0.368 e. The van der Waals surface area contributed by atoms with E-state index in [1.54, 1.807) is 0 Å². The van der Waals surface area contributed by atoms with Gasteiger partial charge in [-0.15, -0.1) is 0 Å². The molecule has 0 bridgehead atoms. The van der Waals surface area contributed by atoms with E-state index in [0.717, 1.165) is 35.5 Å². The van der Waals surface area contributed by atoms with Gasteiger partial charge in [-0.25, -0.2) is 9.97 Å². The predicted octanol–water partition coefficient (Wildman–Crippen LogP) is 3.58. The zero-order valence-electron chi connectivity index (χ0n) is 15.0. The summed E-state index contributed by atoms with van der Waals surface area (Å²) < 4.78 is 0. The molecule has 0 spiro atoms. The van der Waals surface area contributed by atoms with Crippen molar-refractivity contribution < 1.29 is 0 Å². The molecule has 1 aliphatic carbocycles. The molecule has 1 aliphatic rings. The fraction of sp³-hybridized carbons (Fsp3) is 0.238. The summed E-state index contributed by atoms with van der Waals surface area (Å²) in [5.41, 5.74) is 13.7. The zero-order chi connectivity index (χ0) is 18.1. The second kappa shape index (κ2) is 6.67. The van der Waals surface area contributed by atoms with Crippen molar-refractivity contribution in [2.24, 2.45) is 4.99 Å². The van der Waals surface area contributed by atoms with Crippen LogP contribution in [0, 0.1) is 6.92 Å². The molecule has 26 heavy (non-hydrogen) atoms. The summed E-state index contributed by atoms with van der Waals surface area (Å²) >= 11 is 0. The van der Waals surface area contributed by atoms with Crippen molar-refractivity contribution in [2.45, 2.75) is 25.7 Å². The number of hydrogen-bond acceptors (Lipinski definition) is 5. The molecule has 4 rings (SSSR count). The molecule has 5 heteroatoms. The minimum absolute atomic E-state index is 0.305. The van der Waals surface area contributed by atoms with E-state index in [2.05, 4.69) is 56.3 Å². The van der Waals surface area contributed by atoms with E-state index in [-0.39, 0.29) is 0 Å². The molecule has 0 saturated heterocycles. The van der Waals surface area contributed by atoms with Crippen molar-refractivity contribution in [2.75, 3.05) is 12.8 Å². The highest BCUT2D eigenvalue weighted by molar-refractivity contribution is 6.04. The van der Waals surface area contributed by atoms with Gasteiger partial charge in [0.2, 0.25) is 5.95 Å². The van der Waals surface area contributed by atoms with E-state index in [4.69, 9.17) is 5.73 Å². The van der Waals surface area contributed by atoms with Crippen LogP contribution in [0.3, 0.4) is 0 Å². The van der Waals surface area contributed by atoms with Gasteiger partial charge in [-0.3, -0.25) is 9.98 Å². The smallest absolute Gasteiger partial charge is 0.220 e. The Morgan fingerprint density at radius 2 is 1.81 bits per heavy atom. The molecule has 5 nitrogen and oxygen atoms in total. The fourth-order valence-corrected chi connectivity index (χ4v) is 3.89. The number of benzene rings is 1. The molecule has 1 atom stereocenters. The highest BCUT2D eigenvalue weighted by Crippen LogP contribution is 2.38. The van der Waals surface area contributed by atoms with Gasteiger partial charge in [0.15, 0.2) is 0 Å². The monoisotopic (exact) mass is 343 g/mol. The number of rotatable bonds is 2. The van der Waals surface area contributed by atoms with Crippen LogP contribution in [-0.2, 0) is 6.42 Å². The van der Waals surface area contributed by atoms with E-state index in [0.29, 0.717) is 11.9 Å². The third-order valence-corrected chi connectivity index (χ3v) is 5.01. The minimum Gasteiger partial charge on any atom is -0.368 e. The predicted molar refractivity (Wildman–Crippen MR) is 104 cm³/mol. The number of pyridine rings is 1. The van der Waals surface area contributed by atoms with Crippen LogP contribution in [0.5, 0.6) is 0 Å². The van der Waals surface area contributed by atoms with Crippen molar-refractivity contribution in [1.82, 2.24) is 15.0 Å². The van der Waals surface area contributed by atoms with Crippen LogP contribution in [-0.4, -0.2) is 27.7 Å². The molecule has 1 aromatic carbocycles. The Balaban J connectivity index is 1.82. The first-order valence-corrected chi connectivity index (χ1v) is 8.75. The second-order valence-electron chi connectivity index (χ2n) is 6.59. The average Bonchev–Trinajstić information content (AvgIpc) is 2.67. The molecule has 2 aromatic heterocycles. The summed E-state index contributed by atoms with van der Waals surface area (Å²) in [4.78, 5) is 17.5. The van der Waals surface area contributed by atoms with Crippen LogP contribution in [0.1, 0.15) is 34.9 Å². The van der Waals surface area contributed by atoms with Gasteiger partial charge in [-0.2, -0.15) is 0 Å². The number of aryl methyl sites for hydroxylation is 1. The number of anilines is 1. The molecule has 0 saturated carbocycles. The first-order chi connectivity index (χ1) is 12.7. The molecule has 0 fully saturated rings. The lowest BCUT2D eigenvalue weighted by Crippen LogP contribution is -2.24. The maximum Gasteiger partial charge on any atom is 0.220 e. The Morgan fingerprint density at radius 1 is 1.04 bits per heavy atom. The first kappa shape index (κ1) is 16.4. The van der Waals surface area contributed by atoms with Crippen LogP contribution >= 0.6 is 0 Å². The number of nitrogens with zero attached hydrogens (tertiary/aromatic N) is 4. The first-order valence-electron chi connectivity index (χ1n) is 8.75. The quantitative estimate of drug-likeness (QED) is 0.771. The van der Waals surface area contributed by atoms with Gasteiger partial charge < -0.3 is 5.73 Å². The summed E-state index contributed by atoms with van der Waals surface area (Å²) in [7, 11) is 1.84. The highest BCUT2D eigenvalue weighted by atomic mass is 15.0. The lowest BCUT2D eigenvalue weighted by Gasteiger charge is -2.28. The van der Waals surface area contributed by atoms with E-state index in [1.165, 1.54) is 16.7 Å².